The lowest BCUT2D eigenvalue weighted by Crippen LogP contribution is -2.33. The second kappa shape index (κ2) is 3.58. The fourth-order valence-electron chi connectivity index (χ4n) is 3.71. The first-order chi connectivity index (χ1) is 7.77. The summed E-state index contributed by atoms with van der Waals surface area (Å²) >= 11 is 0. The molecule has 2 fully saturated rings. The van der Waals surface area contributed by atoms with Gasteiger partial charge in [-0.15, -0.1) is 0 Å². The Morgan fingerprint density at radius 3 is 2.50 bits per heavy atom. The summed E-state index contributed by atoms with van der Waals surface area (Å²) in [7, 11) is 0. The molecular weight excluding hydrogens is 202 g/mol. The molecule has 2 bridgehead atoms. The third-order valence-corrected chi connectivity index (χ3v) is 4.30. The van der Waals surface area contributed by atoms with Crippen molar-refractivity contribution in [2.45, 2.75) is 31.2 Å². The highest BCUT2D eigenvalue weighted by molar-refractivity contribution is 5.25. The van der Waals surface area contributed by atoms with Gasteiger partial charge in [-0.1, -0.05) is 30.3 Å². The standard InChI is InChI=1S/C13H15NO2/c15-14(16)13-11-7-6-10(8-11)12(13)9-4-2-1-3-5-9/h1-5,10-13H,6-8H2/t10-,11+,12+,13+/m1/s1. The van der Waals surface area contributed by atoms with Crippen molar-refractivity contribution >= 4 is 0 Å². The fourth-order valence-corrected chi connectivity index (χ4v) is 3.71. The average Bonchev–Trinajstić information content (AvgIpc) is 2.89. The number of nitro groups is 1. The van der Waals surface area contributed by atoms with Crippen LogP contribution in [-0.2, 0) is 0 Å². The van der Waals surface area contributed by atoms with Crippen molar-refractivity contribution in [2.75, 3.05) is 0 Å². The zero-order valence-corrected chi connectivity index (χ0v) is 9.08. The molecule has 16 heavy (non-hydrogen) atoms. The van der Waals surface area contributed by atoms with Crippen LogP contribution in [0.15, 0.2) is 30.3 Å². The average molecular weight is 217 g/mol. The number of nitrogens with zero attached hydrogens (tertiary/aromatic N) is 1. The number of rotatable bonds is 2. The zero-order valence-electron chi connectivity index (χ0n) is 9.08. The van der Waals surface area contributed by atoms with E-state index in [1.165, 1.54) is 6.42 Å². The van der Waals surface area contributed by atoms with E-state index in [0.29, 0.717) is 11.8 Å². The van der Waals surface area contributed by atoms with Gasteiger partial charge in [0.15, 0.2) is 0 Å². The Kier molecular flexibility index (Phi) is 2.20. The van der Waals surface area contributed by atoms with Gasteiger partial charge in [-0.3, -0.25) is 10.1 Å². The zero-order chi connectivity index (χ0) is 11.1. The summed E-state index contributed by atoms with van der Waals surface area (Å²) in [6.07, 6.45) is 3.29. The lowest BCUT2D eigenvalue weighted by Gasteiger charge is -2.25. The molecule has 3 heteroatoms. The SMILES string of the molecule is O=[N+]([O-])[C@H]1[C@H]2CC[C@H](C2)[C@@H]1c1ccccc1. The number of benzene rings is 1. The molecule has 0 heterocycles. The van der Waals surface area contributed by atoms with Crippen LogP contribution in [0.3, 0.4) is 0 Å². The van der Waals surface area contributed by atoms with E-state index in [1.807, 2.05) is 30.3 Å². The first-order valence-corrected chi connectivity index (χ1v) is 5.96. The maximum Gasteiger partial charge on any atom is 0.222 e. The van der Waals surface area contributed by atoms with Gasteiger partial charge in [0.25, 0.3) is 0 Å². The molecule has 3 nitrogen and oxygen atoms in total. The Labute approximate surface area is 94.6 Å². The predicted molar refractivity (Wildman–Crippen MR) is 60.8 cm³/mol. The second-order valence-corrected chi connectivity index (χ2v) is 5.05. The molecule has 0 amide bonds. The highest BCUT2D eigenvalue weighted by atomic mass is 16.6. The van der Waals surface area contributed by atoms with Gasteiger partial charge in [0.05, 0.1) is 5.92 Å². The summed E-state index contributed by atoms with van der Waals surface area (Å²) in [5.74, 6) is 1.03. The molecule has 0 aliphatic heterocycles. The molecule has 0 N–H and O–H groups in total. The van der Waals surface area contributed by atoms with Crippen LogP contribution in [0.25, 0.3) is 0 Å². The molecule has 84 valence electrons. The fraction of sp³-hybridized carbons (Fsp3) is 0.538. The monoisotopic (exact) mass is 217 g/mol. The van der Waals surface area contributed by atoms with Crippen molar-refractivity contribution in [3.8, 4) is 0 Å². The Hall–Kier alpha value is -1.38. The maximum atomic E-state index is 11.2. The van der Waals surface area contributed by atoms with E-state index in [9.17, 15) is 10.1 Å². The Balaban J connectivity index is 1.97. The number of hydrogen-bond acceptors (Lipinski definition) is 2. The molecular formula is C13H15NO2. The molecule has 0 radical (unpaired) electrons. The molecule has 2 saturated carbocycles. The second-order valence-electron chi connectivity index (χ2n) is 5.05. The minimum absolute atomic E-state index is 0.0402. The van der Waals surface area contributed by atoms with Crippen molar-refractivity contribution in [3.05, 3.63) is 46.0 Å². The van der Waals surface area contributed by atoms with Crippen molar-refractivity contribution in [3.63, 3.8) is 0 Å². The van der Waals surface area contributed by atoms with Crippen LogP contribution in [0.4, 0.5) is 0 Å². The van der Waals surface area contributed by atoms with Crippen LogP contribution in [0.1, 0.15) is 30.7 Å². The van der Waals surface area contributed by atoms with Crippen LogP contribution in [0.2, 0.25) is 0 Å². The minimum Gasteiger partial charge on any atom is -0.264 e. The van der Waals surface area contributed by atoms with Crippen LogP contribution in [-0.4, -0.2) is 11.0 Å². The number of hydrogen-bond donors (Lipinski definition) is 0. The number of fused-ring (bicyclic) bond motifs is 2. The minimum atomic E-state index is -0.332. The largest absolute Gasteiger partial charge is 0.264 e. The maximum absolute atomic E-state index is 11.2. The van der Waals surface area contributed by atoms with Crippen LogP contribution in [0.5, 0.6) is 0 Å². The molecule has 0 saturated heterocycles. The molecule has 1 aromatic carbocycles. The smallest absolute Gasteiger partial charge is 0.222 e. The van der Waals surface area contributed by atoms with Crippen LogP contribution in [0, 0.1) is 22.0 Å². The summed E-state index contributed by atoms with van der Waals surface area (Å²) in [6.45, 7) is 0. The molecule has 3 rings (SSSR count). The van der Waals surface area contributed by atoms with Gasteiger partial charge in [-0.2, -0.15) is 0 Å². The quantitative estimate of drug-likeness (QED) is 0.564. The van der Waals surface area contributed by atoms with E-state index in [1.54, 1.807) is 0 Å². The van der Waals surface area contributed by atoms with Crippen LogP contribution >= 0.6 is 0 Å². The van der Waals surface area contributed by atoms with Gasteiger partial charge in [0.2, 0.25) is 6.04 Å². The van der Waals surface area contributed by atoms with Gasteiger partial charge >= 0.3 is 0 Å². The molecule has 2 aliphatic carbocycles. The Bertz CT molecular complexity index is 404. The summed E-state index contributed by atoms with van der Waals surface area (Å²) in [4.78, 5) is 11.1. The molecule has 1 aromatic rings. The summed E-state index contributed by atoms with van der Waals surface area (Å²) in [6, 6.07) is 9.69. The molecule has 2 aliphatic rings. The van der Waals surface area contributed by atoms with Gasteiger partial charge in [0.1, 0.15) is 0 Å². The van der Waals surface area contributed by atoms with Crippen LogP contribution < -0.4 is 0 Å². The summed E-state index contributed by atoms with van der Waals surface area (Å²) in [5.41, 5.74) is 1.16. The topological polar surface area (TPSA) is 43.1 Å². The van der Waals surface area contributed by atoms with E-state index in [-0.39, 0.29) is 16.9 Å². The Morgan fingerprint density at radius 2 is 1.81 bits per heavy atom. The normalized spacial score (nSPS) is 36.5. The highest BCUT2D eigenvalue weighted by Gasteiger charge is 2.54. The Morgan fingerprint density at radius 1 is 1.12 bits per heavy atom. The van der Waals surface area contributed by atoms with Gasteiger partial charge in [-0.05, 0) is 30.7 Å². The first kappa shape index (κ1) is 9.82. The van der Waals surface area contributed by atoms with Crippen molar-refractivity contribution in [1.82, 2.24) is 0 Å². The molecule has 4 atom stereocenters. The van der Waals surface area contributed by atoms with E-state index in [0.717, 1.165) is 18.4 Å². The van der Waals surface area contributed by atoms with Gasteiger partial charge in [0, 0.05) is 10.8 Å². The van der Waals surface area contributed by atoms with Gasteiger partial charge < -0.3 is 0 Å². The van der Waals surface area contributed by atoms with E-state index >= 15 is 0 Å². The highest BCUT2D eigenvalue weighted by Crippen LogP contribution is 2.53. The summed E-state index contributed by atoms with van der Waals surface area (Å²) in [5, 5.41) is 11.2. The lowest BCUT2D eigenvalue weighted by molar-refractivity contribution is -0.534. The van der Waals surface area contributed by atoms with E-state index in [2.05, 4.69) is 0 Å². The van der Waals surface area contributed by atoms with Crippen molar-refractivity contribution in [2.24, 2.45) is 11.8 Å². The van der Waals surface area contributed by atoms with Gasteiger partial charge in [-0.25, -0.2) is 0 Å². The molecule has 0 aromatic heterocycles. The van der Waals surface area contributed by atoms with E-state index in [4.69, 9.17) is 0 Å². The molecule has 0 unspecified atom stereocenters. The van der Waals surface area contributed by atoms with Crippen molar-refractivity contribution < 1.29 is 4.92 Å². The van der Waals surface area contributed by atoms with E-state index < -0.39 is 0 Å². The molecule has 0 spiro atoms. The lowest BCUT2D eigenvalue weighted by atomic mass is 9.80. The predicted octanol–water partition coefficient (Wildman–Crippen LogP) is 2.85. The first-order valence-electron chi connectivity index (χ1n) is 5.96. The van der Waals surface area contributed by atoms with Crippen molar-refractivity contribution in [1.29, 1.82) is 0 Å². The third-order valence-electron chi connectivity index (χ3n) is 4.30. The third kappa shape index (κ3) is 1.34. The summed E-state index contributed by atoms with van der Waals surface area (Å²) < 4.78 is 0.